The molecule has 0 spiro atoms. The van der Waals surface area contributed by atoms with Crippen LogP contribution < -0.4 is 5.32 Å². The number of aryl methyl sites for hydroxylation is 1. The predicted octanol–water partition coefficient (Wildman–Crippen LogP) is 4.31. The molecule has 1 fully saturated rings. The Labute approximate surface area is 137 Å². The van der Waals surface area contributed by atoms with Crippen LogP contribution in [0.1, 0.15) is 36.4 Å². The van der Waals surface area contributed by atoms with Gasteiger partial charge in [0.05, 0.1) is 6.04 Å². The van der Waals surface area contributed by atoms with Crippen LogP contribution in [0.25, 0.3) is 0 Å². The number of nitrogens with zero attached hydrogens (tertiary/aromatic N) is 2. The molecule has 2 aromatic rings. The Kier molecular flexibility index (Phi) is 4.68. The van der Waals surface area contributed by atoms with Gasteiger partial charge in [-0.2, -0.15) is 0 Å². The van der Waals surface area contributed by atoms with Crippen molar-refractivity contribution in [2.45, 2.75) is 32.2 Å². The maximum atomic E-state index is 5.67. The Morgan fingerprint density at radius 1 is 1.27 bits per heavy atom. The van der Waals surface area contributed by atoms with Crippen LogP contribution in [0.2, 0.25) is 0 Å². The molecule has 0 saturated carbocycles. The van der Waals surface area contributed by atoms with Crippen molar-refractivity contribution >= 4 is 23.0 Å². The number of hydrogen-bond acceptors (Lipinski definition) is 2. The molecule has 4 heteroatoms. The van der Waals surface area contributed by atoms with Crippen molar-refractivity contribution in [2.24, 2.45) is 0 Å². The number of benzene rings is 1. The van der Waals surface area contributed by atoms with E-state index < -0.39 is 0 Å². The highest BCUT2D eigenvalue weighted by Gasteiger charge is 2.26. The lowest BCUT2D eigenvalue weighted by Gasteiger charge is -2.37. The second kappa shape index (κ2) is 6.88. The van der Waals surface area contributed by atoms with Gasteiger partial charge < -0.3 is 10.2 Å². The highest BCUT2D eigenvalue weighted by molar-refractivity contribution is 7.80. The first-order chi connectivity index (χ1) is 10.7. The summed E-state index contributed by atoms with van der Waals surface area (Å²) in [6.45, 7) is 3.09. The molecule has 1 atom stereocenters. The number of likely N-dealkylation sites (tertiary alicyclic amines) is 1. The second-order valence-corrected chi connectivity index (χ2v) is 6.18. The minimum absolute atomic E-state index is 0.326. The number of nitrogens with one attached hydrogen (secondary N) is 1. The van der Waals surface area contributed by atoms with Crippen LogP contribution >= 0.6 is 12.2 Å². The quantitative estimate of drug-likeness (QED) is 0.836. The van der Waals surface area contributed by atoms with Gasteiger partial charge in [-0.1, -0.05) is 18.2 Å². The lowest BCUT2D eigenvalue weighted by Crippen LogP contribution is -2.41. The fourth-order valence-electron chi connectivity index (χ4n) is 3.01. The summed E-state index contributed by atoms with van der Waals surface area (Å²) in [5.74, 6) is 0. The van der Waals surface area contributed by atoms with Gasteiger partial charge in [-0.3, -0.25) is 4.98 Å². The third-order valence-electron chi connectivity index (χ3n) is 4.10. The van der Waals surface area contributed by atoms with Gasteiger partial charge in [0, 0.05) is 24.6 Å². The number of aromatic nitrogens is 1. The fraction of sp³-hybridized carbons (Fsp3) is 0.333. The van der Waals surface area contributed by atoms with Gasteiger partial charge in [0.25, 0.3) is 0 Å². The summed E-state index contributed by atoms with van der Waals surface area (Å²) < 4.78 is 0. The smallest absolute Gasteiger partial charge is 0.173 e. The van der Waals surface area contributed by atoms with Crippen molar-refractivity contribution in [1.29, 1.82) is 0 Å². The number of thiocarbonyl (C=S) groups is 1. The van der Waals surface area contributed by atoms with E-state index in [0.29, 0.717) is 6.04 Å². The van der Waals surface area contributed by atoms with E-state index in [9.17, 15) is 0 Å². The van der Waals surface area contributed by atoms with E-state index in [0.717, 1.165) is 23.8 Å². The van der Waals surface area contributed by atoms with Crippen molar-refractivity contribution in [1.82, 2.24) is 9.88 Å². The Morgan fingerprint density at radius 3 is 2.95 bits per heavy atom. The fourth-order valence-corrected chi connectivity index (χ4v) is 3.35. The molecule has 0 aliphatic carbocycles. The van der Waals surface area contributed by atoms with Crippen LogP contribution in [0, 0.1) is 6.92 Å². The Hall–Kier alpha value is -1.94. The van der Waals surface area contributed by atoms with E-state index in [4.69, 9.17) is 12.2 Å². The monoisotopic (exact) mass is 311 g/mol. The van der Waals surface area contributed by atoms with Crippen molar-refractivity contribution in [3.63, 3.8) is 0 Å². The number of rotatable bonds is 2. The van der Waals surface area contributed by atoms with E-state index in [1.54, 1.807) is 0 Å². The number of pyridine rings is 1. The molecule has 0 amide bonds. The van der Waals surface area contributed by atoms with Crippen molar-refractivity contribution in [3.05, 3.63) is 59.9 Å². The summed E-state index contributed by atoms with van der Waals surface area (Å²) in [4.78, 5) is 6.56. The minimum Gasteiger partial charge on any atom is -0.342 e. The van der Waals surface area contributed by atoms with E-state index in [-0.39, 0.29) is 0 Å². The number of hydrogen-bond donors (Lipinski definition) is 1. The Morgan fingerprint density at radius 2 is 2.18 bits per heavy atom. The third kappa shape index (κ3) is 3.45. The molecule has 0 unspecified atom stereocenters. The summed E-state index contributed by atoms with van der Waals surface area (Å²) in [7, 11) is 0. The number of anilines is 1. The van der Waals surface area contributed by atoms with E-state index in [1.807, 2.05) is 18.5 Å². The van der Waals surface area contributed by atoms with Crippen LogP contribution in [0.4, 0.5) is 5.69 Å². The molecule has 3 rings (SSSR count). The first-order valence-electron chi connectivity index (χ1n) is 7.78. The summed E-state index contributed by atoms with van der Waals surface area (Å²) in [6, 6.07) is 12.8. The molecule has 0 radical (unpaired) electrons. The molecule has 1 saturated heterocycles. The van der Waals surface area contributed by atoms with Crippen molar-refractivity contribution in [3.8, 4) is 0 Å². The maximum absolute atomic E-state index is 5.67. The van der Waals surface area contributed by atoms with Crippen LogP contribution in [-0.2, 0) is 0 Å². The molecule has 1 aliphatic rings. The molecule has 22 heavy (non-hydrogen) atoms. The zero-order valence-electron chi connectivity index (χ0n) is 12.8. The summed E-state index contributed by atoms with van der Waals surface area (Å²) in [5, 5.41) is 4.19. The largest absolute Gasteiger partial charge is 0.342 e. The zero-order chi connectivity index (χ0) is 15.4. The van der Waals surface area contributed by atoms with E-state index in [1.165, 1.54) is 24.0 Å². The molecule has 1 aromatic heterocycles. The van der Waals surface area contributed by atoms with Crippen molar-refractivity contribution < 1.29 is 0 Å². The zero-order valence-corrected chi connectivity index (χ0v) is 13.6. The molecular formula is C18H21N3S. The normalized spacial score (nSPS) is 18.0. The standard InChI is InChI=1S/C18H21N3S/c1-14-6-4-8-16(12-14)20-18(22)21-11-3-2-9-17(21)15-7-5-10-19-13-15/h4-8,10,12-13,17H,2-3,9,11H2,1H3,(H,20,22)/t17-/m1/s1. The summed E-state index contributed by atoms with van der Waals surface area (Å²) >= 11 is 5.67. The molecule has 1 aliphatic heterocycles. The molecule has 114 valence electrons. The lowest BCUT2D eigenvalue weighted by atomic mass is 9.97. The van der Waals surface area contributed by atoms with E-state index >= 15 is 0 Å². The van der Waals surface area contributed by atoms with Gasteiger partial charge in [0.1, 0.15) is 0 Å². The summed E-state index contributed by atoms with van der Waals surface area (Å²) in [5.41, 5.74) is 3.53. The molecule has 2 heterocycles. The highest BCUT2D eigenvalue weighted by Crippen LogP contribution is 2.31. The minimum atomic E-state index is 0.326. The van der Waals surface area contributed by atoms with Crippen LogP contribution in [0.15, 0.2) is 48.8 Å². The summed E-state index contributed by atoms with van der Waals surface area (Å²) in [6.07, 6.45) is 7.33. The first-order valence-corrected chi connectivity index (χ1v) is 8.19. The maximum Gasteiger partial charge on any atom is 0.173 e. The van der Waals surface area contributed by atoms with Crippen LogP contribution in [-0.4, -0.2) is 21.5 Å². The average molecular weight is 311 g/mol. The molecule has 3 nitrogen and oxygen atoms in total. The van der Waals surface area contributed by atoms with Gasteiger partial charge in [0.15, 0.2) is 5.11 Å². The first kappa shape index (κ1) is 15.0. The topological polar surface area (TPSA) is 28.2 Å². The van der Waals surface area contributed by atoms with Crippen LogP contribution in [0.5, 0.6) is 0 Å². The molecular weight excluding hydrogens is 290 g/mol. The third-order valence-corrected chi connectivity index (χ3v) is 4.44. The van der Waals surface area contributed by atoms with Crippen LogP contribution in [0.3, 0.4) is 0 Å². The second-order valence-electron chi connectivity index (χ2n) is 5.79. The van der Waals surface area contributed by atoms with Crippen molar-refractivity contribution in [2.75, 3.05) is 11.9 Å². The Balaban J connectivity index is 1.77. The number of piperidine rings is 1. The average Bonchev–Trinajstić information content (AvgIpc) is 2.56. The SMILES string of the molecule is Cc1cccc(NC(=S)N2CCCC[C@@H]2c2cccnc2)c1. The molecule has 1 N–H and O–H groups in total. The Bertz CT molecular complexity index is 642. The lowest BCUT2D eigenvalue weighted by molar-refractivity contribution is 0.248. The van der Waals surface area contributed by atoms with Gasteiger partial charge in [-0.15, -0.1) is 0 Å². The molecule has 1 aromatic carbocycles. The predicted molar refractivity (Wildman–Crippen MR) is 94.9 cm³/mol. The van der Waals surface area contributed by atoms with Gasteiger partial charge in [0.2, 0.25) is 0 Å². The molecule has 0 bridgehead atoms. The van der Waals surface area contributed by atoms with Gasteiger partial charge >= 0.3 is 0 Å². The highest BCUT2D eigenvalue weighted by atomic mass is 32.1. The van der Waals surface area contributed by atoms with Gasteiger partial charge in [-0.25, -0.2) is 0 Å². The van der Waals surface area contributed by atoms with E-state index in [2.05, 4.69) is 52.5 Å². The van der Waals surface area contributed by atoms with Gasteiger partial charge in [-0.05, 0) is 67.7 Å².